The van der Waals surface area contributed by atoms with E-state index in [-0.39, 0.29) is 0 Å². The summed E-state index contributed by atoms with van der Waals surface area (Å²) >= 11 is 0. The summed E-state index contributed by atoms with van der Waals surface area (Å²) < 4.78 is 0. The number of rotatable bonds is 3. The highest BCUT2D eigenvalue weighted by Crippen LogP contribution is 2.06. The number of hydrogen-bond donors (Lipinski definition) is 0. The fourth-order valence-electron chi connectivity index (χ4n) is 0.997. The normalized spacial score (nSPS) is 18.5. The Morgan fingerprint density at radius 3 is 2.73 bits per heavy atom. The van der Waals surface area contributed by atoms with Crippen LogP contribution in [0.1, 0.15) is 12.8 Å². The molecule has 62 valence electrons. The summed E-state index contributed by atoms with van der Waals surface area (Å²) in [4.78, 5) is 4.84. The van der Waals surface area contributed by atoms with E-state index in [4.69, 9.17) is 0 Å². The molecule has 1 heterocycles. The van der Waals surface area contributed by atoms with Crippen molar-refractivity contribution in [1.29, 1.82) is 0 Å². The molecule has 1 fully saturated rings. The van der Waals surface area contributed by atoms with Crippen molar-refractivity contribution in [2.24, 2.45) is 5.28 Å². The molecule has 5 nitrogen and oxygen atoms in total. The van der Waals surface area contributed by atoms with E-state index in [9.17, 15) is 5.21 Å². The van der Waals surface area contributed by atoms with Crippen molar-refractivity contribution in [1.82, 2.24) is 5.01 Å². The molecule has 1 rings (SSSR count). The molecule has 1 aliphatic rings. The van der Waals surface area contributed by atoms with Gasteiger partial charge in [-0.3, -0.25) is 0 Å². The first kappa shape index (κ1) is 7.84. The van der Waals surface area contributed by atoms with Crippen LogP contribution in [-0.2, 0) is 4.84 Å². The molecule has 0 bridgehead atoms. The topological polar surface area (TPSA) is 50.9 Å². The summed E-state index contributed by atoms with van der Waals surface area (Å²) in [5.41, 5.74) is 0. The second-order valence-corrected chi connectivity index (χ2v) is 2.27. The SMILES string of the molecule is C=CO/N=[N+](\[O-])N1CCCC1. The van der Waals surface area contributed by atoms with Gasteiger partial charge in [-0.2, -0.15) is 0 Å². The zero-order chi connectivity index (χ0) is 8.10. The predicted molar refractivity (Wildman–Crippen MR) is 38.1 cm³/mol. The molecule has 0 spiro atoms. The number of hydrazine groups is 1. The number of hydrogen-bond acceptors (Lipinski definition) is 3. The Labute approximate surface area is 65.1 Å². The third-order valence-corrected chi connectivity index (χ3v) is 1.52. The largest absolute Gasteiger partial charge is 0.569 e. The highest BCUT2D eigenvalue weighted by atomic mass is 16.7. The maximum atomic E-state index is 10.9. The minimum atomic E-state index is 0.467. The predicted octanol–water partition coefficient (Wildman–Crippen LogP) is 1.03. The van der Waals surface area contributed by atoms with Crippen LogP contribution in [0.4, 0.5) is 0 Å². The second-order valence-electron chi connectivity index (χ2n) is 2.27. The van der Waals surface area contributed by atoms with Crippen molar-refractivity contribution in [3.8, 4) is 0 Å². The average Bonchev–Trinajstić information content (AvgIpc) is 2.52. The number of nitrogens with zero attached hydrogens (tertiary/aromatic N) is 3. The highest BCUT2D eigenvalue weighted by Gasteiger charge is 2.17. The molecule has 0 saturated carbocycles. The summed E-state index contributed by atoms with van der Waals surface area (Å²) in [5.74, 6) is 0. The molecule has 1 saturated heterocycles. The van der Waals surface area contributed by atoms with Gasteiger partial charge >= 0.3 is 0 Å². The Kier molecular flexibility index (Phi) is 2.71. The van der Waals surface area contributed by atoms with E-state index in [0.717, 1.165) is 32.2 Å². The Morgan fingerprint density at radius 1 is 1.55 bits per heavy atom. The minimum absolute atomic E-state index is 0.467. The molecule has 11 heavy (non-hydrogen) atoms. The van der Waals surface area contributed by atoms with E-state index in [1.165, 1.54) is 0 Å². The van der Waals surface area contributed by atoms with E-state index in [1.807, 2.05) is 0 Å². The maximum absolute atomic E-state index is 10.9. The first-order chi connectivity index (χ1) is 5.34. The lowest BCUT2D eigenvalue weighted by atomic mass is 10.4. The molecule has 0 amide bonds. The highest BCUT2D eigenvalue weighted by molar-refractivity contribution is 4.55. The molecule has 0 aromatic carbocycles. The summed E-state index contributed by atoms with van der Waals surface area (Å²) in [5, 5.41) is 15.7. The van der Waals surface area contributed by atoms with E-state index >= 15 is 0 Å². The molecular weight excluding hydrogens is 146 g/mol. The van der Waals surface area contributed by atoms with Crippen molar-refractivity contribution in [3.63, 3.8) is 0 Å². The summed E-state index contributed by atoms with van der Waals surface area (Å²) in [6.45, 7) is 4.77. The van der Waals surface area contributed by atoms with Crippen LogP contribution in [0, 0.1) is 5.21 Å². The van der Waals surface area contributed by atoms with Crippen LogP contribution in [0.3, 0.4) is 0 Å². The van der Waals surface area contributed by atoms with Crippen LogP contribution < -0.4 is 0 Å². The summed E-state index contributed by atoms with van der Waals surface area (Å²) in [7, 11) is 0. The van der Waals surface area contributed by atoms with Gasteiger partial charge in [0, 0.05) is 0 Å². The van der Waals surface area contributed by atoms with Crippen LogP contribution in [0.25, 0.3) is 0 Å². The average molecular weight is 157 g/mol. The van der Waals surface area contributed by atoms with Crippen molar-refractivity contribution < 1.29 is 9.81 Å². The molecule has 0 aromatic rings. The molecular formula is C6H11N3O2. The standard InChI is InChI=1S/C6H11N3O2/c1-2-11-7-9(10)8-5-3-4-6-8/h2H,1,3-6H2/b9-7-. The Balaban J connectivity index is 2.38. The van der Waals surface area contributed by atoms with Gasteiger partial charge in [-0.1, -0.05) is 6.58 Å². The molecule has 0 unspecified atom stereocenters. The van der Waals surface area contributed by atoms with Gasteiger partial charge in [0.05, 0.1) is 18.1 Å². The van der Waals surface area contributed by atoms with E-state index in [2.05, 4.69) is 16.7 Å². The van der Waals surface area contributed by atoms with Gasteiger partial charge in [-0.15, -0.1) is 5.01 Å². The second kappa shape index (κ2) is 3.80. The van der Waals surface area contributed by atoms with Crippen LogP contribution in [-0.4, -0.2) is 23.1 Å². The Hall–Kier alpha value is -1.26. The Morgan fingerprint density at radius 2 is 2.18 bits per heavy atom. The smallest absolute Gasteiger partial charge is 0.238 e. The third-order valence-electron chi connectivity index (χ3n) is 1.52. The lowest BCUT2D eigenvalue weighted by Crippen LogP contribution is -2.26. The first-order valence-corrected chi connectivity index (χ1v) is 3.54. The molecule has 0 aromatic heterocycles. The van der Waals surface area contributed by atoms with Crippen LogP contribution in [0.5, 0.6) is 0 Å². The molecule has 0 N–H and O–H groups in total. The van der Waals surface area contributed by atoms with Crippen LogP contribution in [0.2, 0.25) is 0 Å². The molecule has 1 aliphatic heterocycles. The quantitative estimate of drug-likeness (QED) is 0.266. The zero-order valence-electron chi connectivity index (χ0n) is 6.27. The maximum Gasteiger partial charge on any atom is 0.238 e. The zero-order valence-corrected chi connectivity index (χ0v) is 6.27. The Bertz CT molecular complexity index is 163. The molecule has 0 radical (unpaired) electrons. The van der Waals surface area contributed by atoms with Crippen LogP contribution in [0.15, 0.2) is 18.1 Å². The van der Waals surface area contributed by atoms with Crippen molar-refractivity contribution in [2.45, 2.75) is 12.8 Å². The van der Waals surface area contributed by atoms with Gasteiger partial charge in [-0.05, 0) is 12.8 Å². The van der Waals surface area contributed by atoms with Gasteiger partial charge in [0.2, 0.25) is 5.28 Å². The van der Waals surface area contributed by atoms with Crippen molar-refractivity contribution >= 4 is 0 Å². The van der Waals surface area contributed by atoms with Gasteiger partial charge in [0.25, 0.3) is 0 Å². The van der Waals surface area contributed by atoms with Crippen molar-refractivity contribution in [2.75, 3.05) is 13.1 Å². The molecule has 0 aliphatic carbocycles. The van der Waals surface area contributed by atoms with Gasteiger partial charge in [0.1, 0.15) is 6.26 Å². The fraction of sp³-hybridized carbons (Fsp3) is 0.667. The van der Waals surface area contributed by atoms with E-state index in [1.54, 1.807) is 5.01 Å². The monoisotopic (exact) mass is 157 g/mol. The lowest BCUT2D eigenvalue weighted by Gasteiger charge is -2.09. The molecule has 0 atom stereocenters. The first-order valence-electron chi connectivity index (χ1n) is 3.54. The summed E-state index contributed by atoms with van der Waals surface area (Å²) in [6.07, 6.45) is 3.20. The van der Waals surface area contributed by atoms with E-state index in [0.29, 0.717) is 4.97 Å². The third kappa shape index (κ3) is 2.10. The summed E-state index contributed by atoms with van der Waals surface area (Å²) in [6, 6.07) is 0. The molecule has 5 heteroatoms. The lowest BCUT2D eigenvalue weighted by molar-refractivity contribution is -0.705. The van der Waals surface area contributed by atoms with Gasteiger partial charge in [0.15, 0.2) is 0 Å². The fourth-order valence-corrected chi connectivity index (χ4v) is 0.997. The minimum Gasteiger partial charge on any atom is -0.569 e. The van der Waals surface area contributed by atoms with Crippen molar-refractivity contribution in [3.05, 3.63) is 18.0 Å². The van der Waals surface area contributed by atoms with Gasteiger partial charge in [-0.25, -0.2) is 0 Å². The van der Waals surface area contributed by atoms with Crippen LogP contribution >= 0.6 is 0 Å². The van der Waals surface area contributed by atoms with Gasteiger partial charge < -0.3 is 10.0 Å². The van der Waals surface area contributed by atoms with E-state index < -0.39 is 0 Å².